The third-order valence-electron chi connectivity index (χ3n) is 2.48. The van der Waals surface area contributed by atoms with Gasteiger partial charge in [0, 0.05) is 0 Å². The van der Waals surface area contributed by atoms with E-state index in [1.54, 1.807) is 13.0 Å². The molecule has 0 aromatic rings. The summed E-state index contributed by atoms with van der Waals surface area (Å²) in [5.41, 5.74) is 0.497. The molecule has 0 amide bonds. The van der Waals surface area contributed by atoms with Crippen LogP contribution < -0.4 is 0 Å². The van der Waals surface area contributed by atoms with Crippen LogP contribution in [-0.2, 0) is 9.53 Å². The third-order valence-corrected chi connectivity index (χ3v) is 3.45. The lowest BCUT2D eigenvalue weighted by Gasteiger charge is -2.25. The Balaban J connectivity index is 4.53. The molecule has 5 heteroatoms. The number of esters is 1. The van der Waals surface area contributed by atoms with Crippen molar-refractivity contribution in [2.24, 2.45) is 0 Å². The number of hydrogen-bond acceptors (Lipinski definition) is 2. The Hall–Kier alpha value is -0.440. The molecule has 0 aromatic carbocycles. The monoisotopic (exact) mass is 324 g/mol. The van der Waals surface area contributed by atoms with Gasteiger partial charge in [-0.05, 0) is 39.7 Å². The van der Waals surface area contributed by atoms with Gasteiger partial charge in [0.2, 0.25) is 0 Å². The predicted molar refractivity (Wildman–Crippen MR) is 82.6 cm³/mol. The molecule has 0 saturated heterocycles. The molecule has 0 bridgehead atoms. The smallest absolute Gasteiger partial charge is 0.312 e. The van der Waals surface area contributed by atoms with Crippen molar-refractivity contribution in [2.75, 3.05) is 0 Å². The number of halogens is 3. The Bertz CT molecular complexity index is 391. The fourth-order valence-corrected chi connectivity index (χ4v) is 1.57. The van der Waals surface area contributed by atoms with Crippen molar-refractivity contribution in [3.63, 3.8) is 0 Å². The average molecular weight is 326 g/mol. The molecule has 0 aliphatic heterocycles. The molecule has 2 nitrogen and oxygen atoms in total. The number of rotatable bonds is 7. The molecule has 0 fully saturated rings. The van der Waals surface area contributed by atoms with Crippen LogP contribution in [0.3, 0.4) is 0 Å². The zero-order valence-corrected chi connectivity index (χ0v) is 13.7. The number of carbonyl (C=O) groups is 1. The first-order valence-corrected chi connectivity index (χ1v) is 7.02. The SMILES string of the molecule is C=CC(C)(CCC=C(C)C)OC(=O)CC(Cl)=C(Cl)Cl. The van der Waals surface area contributed by atoms with E-state index in [1.165, 1.54) is 5.57 Å². The van der Waals surface area contributed by atoms with Gasteiger partial charge >= 0.3 is 5.97 Å². The summed E-state index contributed by atoms with van der Waals surface area (Å²) in [7, 11) is 0. The lowest BCUT2D eigenvalue weighted by atomic mass is 9.99. The van der Waals surface area contributed by atoms with E-state index < -0.39 is 11.6 Å². The molecule has 0 aromatic heterocycles. The van der Waals surface area contributed by atoms with E-state index in [-0.39, 0.29) is 15.9 Å². The molecule has 0 radical (unpaired) electrons. The van der Waals surface area contributed by atoms with Gasteiger partial charge in [0.25, 0.3) is 0 Å². The first kappa shape index (κ1) is 18.6. The molecule has 0 spiro atoms. The van der Waals surface area contributed by atoms with Crippen LogP contribution in [0.25, 0.3) is 0 Å². The Morgan fingerprint density at radius 2 is 1.89 bits per heavy atom. The summed E-state index contributed by atoms with van der Waals surface area (Å²) < 4.78 is 5.25. The highest BCUT2D eigenvalue weighted by atomic mass is 35.5. The fraction of sp³-hybridized carbons (Fsp3) is 0.500. The molecule has 0 rings (SSSR count). The van der Waals surface area contributed by atoms with Crippen molar-refractivity contribution in [2.45, 2.75) is 45.6 Å². The quantitative estimate of drug-likeness (QED) is 0.456. The molecule has 1 unspecified atom stereocenters. The minimum atomic E-state index is -0.723. The summed E-state index contributed by atoms with van der Waals surface area (Å²) >= 11 is 16.7. The molecule has 0 saturated carbocycles. The predicted octanol–water partition coefficient (Wildman–Crippen LogP) is 5.50. The third kappa shape index (κ3) is 8.35. The second kappa shape index (κ2) is 8.68. The van der Waals surface area contributed by atoms with E-state index in [0.717, 1.165) is 6.42 Å². The van der Waals surface area contributed by atoms with Crippen LogP contribution in [0, 0.1) is 0 Å². The maximum Gasteiger partial charge on any atom is 0.312 e. The number of hydrogen-bond donors (Lipinski definition) is 0. The highest BCUT2D eigenvalue weighted by Crippen LogP contribution is 2.25. The van der Waals surface area contributed by atoms with Gasteiger partial charge in [-0.1, -0.05) is 53.0 Å². The van der Waals surface area contributed by atoms with Crippen LogP contribution in [0.2, 0.25) is 0 Å². The van der Waals surface area contributed by atoms with Crippen molar-refractivity contribution in [3.8, 4) is 0 Å². The summed E-state index contributed by atoms with van der Waals surface area (Å²) in [5.74, 6) is -0.483. The molecule has 0 aliphatic carbocycles. The van der Waals surface area contributed by atoms with Gasteiger partial charge in [-0.15, -0.1) is 0 Å². The number of allylic oxidation sites excluding steroid dienone is 2. The molecule has 0 aliphatic rings. The van der Waals surface area contributed by atoms with E-state index in [1.807, 2.05) is 13.8 Å². The molecular weight excluding hydrogens is 307 g/mol. The molecule has 1 atom stereocenters. The first-order chi connectivity index (χ1) is 8.70. The van der Waals surface area contributed by atoms with Crippen molar-refractivity contribution in [1.29, 1.82) is 0 Å². The first-order valence-electron chi connectivity index (χ1n) is 5.88. The largest absolute Gasteiger partial charge is 0.455 e. The van der Waals surface area contributed by atoms with E-state index >= 15 is 0 Å². The Kier molecular flexibility index (Phi) is 8.47. The van der Waals surface area contributed by atoms with E-state index in [4.69, 9.17) is 39.5 Å². The van der Waals surface area contributed by atoms with Gasteiger partial charge in [0.05, 0.1) is 11.5 Å². The van der Waals surface area contributed by atoms with Gasteiger partial charge in [0.1, 0.15) is 10.1 Å². The van der Waals surface area contributed by atoms with Gasteiger partial charge < -0.3 is 4.74 Å². The molecular formula is C14H19Cl3O2. The zero-order valence-electron chi connectivity index (χ0n) is 11.4. The lowest BCUT2D eigenvalue weighted by Crippen LogP contribution is -2.29. The van der Waals surface area contributed by atoms with Gasteiger partial charge in [-0.25, -0.2) is 0 Å². The minimum absolute atomic E-state index is 0.0732. The average Bonchev–Trinajstić information content (AvgIpc) is 2.27. The normalized spacial score (nSPS) is 13.2. The lowest BCUT2D eigenvalue weighted by molar-refractivity contribution is -0.153. The molecule has 0 heterocycles. The number of carbonyl (C=O) groups excluding carboxylic acids is 1. The van der Waals surface area contributed by atoms with E-state index in [9.17, 15) is 4.79 Å². The van der Waals surface area contributed by atoms with Crippen molar-refractivity contribution >= 4 is 40.8 Å². The topological polar surface area (TPSA) is 26.3 Å². The minimum Gasteiger partial charge on any atom is -0.455 e. The summed E-state index contributed by atoms with van der Waals surface area (Å²) in [6.45, 7) is 9.54. The standard InChI is InChI=1S/C14H19Cl3O2/c1-5-14(4,8-6-7-10(2)3)19-12(18)9-11(15)13(16)17/h5,7H,1,6,8-9H2,2-4H3. The maximum atomic E-state index is 11.7. The maximum absolute atomic E-state index is 11.7. The Morgan fingerprint density at radius 3 is 2.32 bits per heavy atom. The van der Waals surface area contributed by atoms with Crippen molar-refractivity contribution in [3.05, 3.63) is 33.8 Å². The van der Waals surface area contributed by atoms with Crippen LogP contribution in [0.5, 0.6) is 0 Å². The van der Waals surface area contributed by atoms with Crippen molar-refractivity contribution < 1.29 is 9.53 Å². The summed E-state index contributed by atoms with van der Waals surface area (Å²) in [4.78, 5) is 11.7. The fourth-order valence-electron chi connectivity index (χ4n) is 1.33. The summed E-state index contributed by atoms with van der Waals surface area (Å²) in [6, 6.07) is 0. The zero-order chi connectivity index (χ0) is 15.1. The second-order valence-electron chi connectivity index (χ2n) is 4.65. The second-order valence-corrected chi connectivity index (χ2v) is 6.06. The van der Waals surface area contributed by atoms with Crippen molar-refractivity contribution in [1.82, 2.24) is 0 Å². The van der Waals surface area contributed by atoms with E-state index in [0.29, 0.717) is 6.42 Å². The van der Waals surface area contributed by atoms with Crippen LogP contribution >= 0.6 is 34.8 Å². The van der Waals surface area contributed by atoms with Crippen LogP contribution in [0.1, 0.15) is 40.0 Å². The highest BCUT2D eigenvalue weighted by molar-refractivity contribution is 6.59. The van der Waals surface area contributed by atoms with Crippen LogP contribution in [0.4, 0.5) is 0 Å². The van der Waals surface area contributed by atoms with E-state index in [2.05, 4.69) is 12.7 Å². The summed E-state index contributed by atoms with van der Waals surface area (Å²) in [5, 5.41) is 0.0732. The number of ether oxygens (including phenoxy) is 1. The summed E-state index contributed by atoms with van der Waals surface area (Å²) in [6.07, 6.45) is 5.01. The van der Waals surface area contributed by atoms with Gasteiger partial charge in [0.15, 0.2) is 0 Å². The van der Waals surface area contributed by atoms with Gasteiger partial charge in [-0.3, -0.25) is 4.79 Å². The highest BCUT2D eigenvalue weighted by Gasteiger charge is 2.24. The Labute approximate surface area is 130 Å². The molecule has 108 valence electrons. The van der Waals surface area contributed by atoms with Crippen LogP contribution in [0.15, 0.2) is 33.8 Å². The molecule has 0 N–H and O–H groups in total. The van der Waals surface area contributed by atoms with Crippen LogP contribution in [-0.4, -0.2) is 11.6 Å². The van der Waals surface area contributed by atoms with Gasteiger partial charge in [-0.2, -0.15) is 0 Å². The Morgan fingerprint density at radius 1 is 1.32 bits per heavy atom. The molecule has 19 heavy (non-hydrogen) atoms.